The van der Waals surface area contributed by atoms with E-state index in [0.717, 1.165) is 27.1 Å². The molecule has 4 rings (SSSR count). The van der Waals surface area contributed by atoms with Crippen LogP contribution in [-0.4, -0.2) is 29.0 Å². The summed E-state index contributed by atoms with van der Waals surface area (Å²) in [7, 11) is 0. The summed E-state index contributed by atoms with van der Waals surface area (Å²) < 4.78 is 40.7. The van der Waals surface area contributed by atoms with Crippen LogP contribution in [0.15, 0.2) is 75.2 Å². The quantitative estimate of drug-likeness (QED) is 0.301. The largest absolute Gasteiger partial charge is 0.416 e. The molecule has 0 saturated carbocycles. The van der Waals surface area contributed by atoms with Crippen LogP contribution in [0.5, 0.6) is 0 Å². The summed E-state index contributed by atoms with van der Waals surface area (Å²) in [6.07, 6.45) is -3.58. The number of alkyl halides is 3. The first-order valence-electron chi connectivity index (χ1n) is 10.5. The van der Waals surface area contributed by atoms with Gasteiger partial charge in [-0.2, -0.15) is 13.2 Å². The Bertz CT molecular complexity index is 1400. The predicted octanol–water partition coefficient (Wildman–Crippen LogP) is 5.20. The Morgan fingerprint density at radius 1 is 0.882 bits per heavy atom. The normalized spacial score (nSPS) is 12.5. The maximum absolute atomic E-state index is 13.3. The molecule has 0 aliphatic heterocycles. The molecule has 4 aromatic rings. The standard InChI is InChI=1S/C25H22F3NO3S2/c26-25(27,28)16-2-1-3-17(11-16)33-18-5-7-22-20(12-18)23(32)19-10-15(4-6-21(19)34-22)8-9-24(29,13-30)14-31/h1-7,10-12,30-31H,8-9,13-14,29H2. The highest BCUT2D eigenvalue weighted by molar-refractivity contribution is 7.99. The van der Waals surface area contributed by atoms with Gasteiger partial charge in [0, 0.05) is 30.0 Å². The molecule has 178 valence electrons. The van der Waals surface area contributed by atoms with Crippen molar-refractivity contribution in [3.63, 3.8) is 0 Å². The summed E-state index contributed by atoms with van der Waals surface area (Å²) in [6, 6.07) is 16.0. The number of rotatable bonds is 7. The van der Waals surface area contributed by atoms with Crippen LogP contribution in [0.2, 0.25) is 0 Å². The van der Waals surface area contributed by atoms with Gasteiger partial charge in [0.25, 0.3) is 0 Å². The fraction of sp³-hybridized carbons (Fsp3) is 0.240. The van der Waals surface area contributed by atoms with Crippen molar-refractivity contribution >= 4 is 43.3 Å². The molecule has 34 heavy (non-hydrogen) atoms. The van der Waals surface area contributed by atoms with Crippen molar-refractivity contribution in [3.8, 4) is 0 Å². The van der Waals surface area contributed by atoms with E-state index in [1.54, 1.807) is 24.3 Å². The number of hydrogen-bond donors (Lipinski definition) is 3. The zero-order valence-electron chi connectivity index (χ0n) is 17.9. The van der Waals surface area contributed by atoms with Crippen molar-refractivity contribution in [1.82, 2.24) is 0 Å². The van der Waals surface area contributed by atoms with Gasteiger partial charge in [-0.1, -0.05) is 23.9 Å². The topological polar surface area (TPSA) is 83.6 Å². The molecule has 0 atom stereocenters. The highest BCUT2D eigenvalue weighted by atomic mass is 32.2. The van der Waals surface area contributed by atoms with Crippen LogP contribution in [0.3, 0.4) is 0 Å². The Balaban J connectivity index is 1.67. The summed E-state index contributed by atoms with van der Waals surface area (Å²) in [6.45, 7) is -0.689. The van der Waals surface area contributed by atoms with Crippen LogP contribution < -0.4 is 11.2 Å². The molecule has 4 nitrogen and oxygen atoms in total. The SMILES string of the molecule is NC(CO)(CO)CCc1ccc2sc3ccc(Sc4cccc(C(F)(F)F)c4)cc3c(=O)c2c1. The van der Waals surface area contributed by atoms with Crippen LogP contribution in [0.1, 0.15) is 17.5 Å². The number of nitrogens with two attached hydrogens (primary N) is 1. The number of fused-ring (bicyclic) bond motifs is 2. The molecule has 0 radical (unpaired) electrons. The van der Waals surface area contributed by atoms with Crippen molar-refractivity contribution in [2.24, 2.45) is 5.73 Å². The Morgan fingerprint density at radius 3 is 2.21 bits per heavy atom. The third-order valence-corrected chi connectivity index (χ3v) is 7.77. The lowest BCUT2D eigenvalue weighted by Gasteiger charge is -2.24. The van der Waals surface area contributed by atoms with E-state index in [9.17, 15) is 28.2 Å². The zero-order valence-corrected chi connectivity index (χ0v) is 19.6. The van der Waals surface area contributed by atoms with Crippen LogP contribution in [0, 0.1) is 0 Å². The molecule has 0 bridgehead atoms. The number of aliphatic hydroxyl groups is 2. The Morgan fingerprint density at radius 2 is 1.53 bits per heavy atom. The average Bonchev–Trinajstić information content (AvgIpc) is 2.83. The van der Waals surface area contributed by atoms with Crippen LogP contribution in [0.25, 0.3) is 20.2 Å². The fourth-order valence-corrected chi connectivity index (χ4v) is 5.52. The third-order valence-electron chi connectivity index (χ3n) is 5.64. The molecule has 0 aliphatic rings. The van der Waals surface area contributed by atoms with E-state index in [4.69, 9.17) is 5.73 Å². The second-order valence-electron chi connectivity index (χ2n) is 8.23. The second-order valence-corrected chi connectivity index (χ2v) is 10.5. The number of hydrogen-bond acceptors (Lipinski definition) is 6. The van der Waals surface area contributed by atoms with Gasteiger partial charge in [-0.15, -0.1) is 11.3 Å². The average molecular weight is 506 g/mol. The van der Waals surface area contributed by atoms with E-state index in [2.05, 4.69) is 0 Å². The Hall–Kier alpha value is -2.43. The Kier molecular flexibility index (Phi) is 7.02. The van der Waals surface area contributed by atoms with E-state index in [1.807, 2.05) is 18.2 Å². The highest BCUT2D eigenvalue weighted by Gasteiger charge is 2.30. The first kappa shape index (κ1) is 24.7. The predicted molar refractivity (Wildman–Crippen MR) is 131 cm³/mol. The van der Waals surface area contributed by atoms with Gasteiger partial charge in [0.05, 0.1) is 24.3 Å². The molecule has 0 aliphatic carbocycles. The molecular formula is C25H22F3NO3S2. The van der Waals surface area contributed by atoms with E-state index in [0.29, 0.717) is 33.4 Å². The van der Waals surface area contributed by atoms with Gasteiger partial charge in [-0.25, -0.2) is 0 Å². The zero-order chi connectivity index (χ0) is 24.5. The van der Waals surface area contributed by atoms with Crippen LogP contribution >= 0.6 is 23.1 Å². The smallest absolute Gasteiger partial charge is 0.394 e. The third kappa shape index (κ3) is 5.29. The maximum atomic E-state index is 13.3. The second kappa shape index (κ2) is 9.67. The monoisotopic (exact) mass is 505 g/mol. The molecule has 9 heteroatoms. The maximum Gasteiger partial charge on any atom is 0.416 e. The lowest BCUT2D eigenvalue weighted by molar-refractivity contribution is -0.137. The number of benzene rings is 3. The molecular weight excluding hydrogens is 483 g/mol. The minimum atomic E-state index is -4.42. The Labute approximate surface area is 201 Å². The van der Waals surface area contributed by atoms with E-state index in [1.165, 1.54) is 29.2 Å². The minimum Gasteiger partial charge on any atom is -0.394 e. The summed E-state index contributed by atoms with van der Waals surface area (Å²) in [5.74, 6) is 0. The van der Waals surface area contributed by atoms with Gasteiger partial charge in [0.2, 0.25) is 0 Å². The van der Waals surface area contributed by atoms with E-state index in [-0.39, 0.29) is 18.6 Å². The van der Waals surface area contributed by atoms with Crippen molar-refractivity contribution in [3.05, 3.63) is 82.0 Å². The first-order chi connectivity index (χ1) is 16.1. The van der Waals surface area contributed by atoms with Crippen LogP contribution in [-0.2, 0) is 12.6 Å². The van der Waals surface area contributed by atoms with Gasteiger partial charge in [-0.05, 0) is 66.9 Å². The lowest BCUT2D eigenvalue weighted by Crippen LogP contribution is -2.47. The minimum absolute atomic E-state index is 0.152. The van der Waals surface area contributed by atoms with Gasteiger partial charge in [0.15, 0.2) is 5.43 Å². The first-order valence-corrected chi connectivity index (χ1v) is 12.1. The van der Waals surface area contributed by atoms with Gasteiger partial charge < -0.3 is 15.9 Å². The summed E-state index contributed by atoms with van der Waals surface area (Å²) in [4.78, 5) is 14.4. The van der Waals surface area contributed by atoms with Gasteiger partial charge in [-0.3, -0.25) is 4.79 Å². The van der Waals surface area contributed by atoms with Gasteiger partial charge in [0.1, 0.15) is 0 Å². The summed E-state index contributed by atoms with van der Waals surface area (Å²) in [5, 5.41) is 19.8. The molecule has 1 heterocycles. The highest BCUT2D eigenvalue weighted by Crippen LogP contribution is 2.36. The molecule has 0 amide bonds. The van der Waals surface area contributed by atoms with Crippen molar-refractivity contribution in [2.45, 2.75) is 34.3 Å². The summed E-state index contributed by atoms with van der Waals surface area (Å²) in [5.41, 5.74) is 4.86. The van der Waals surface area contributed by atoms with Crippen molar-refractivity contribution in [1.29, 1.82) is 0 Å². The summed E-state index contributed by atoms with van der Waals surface area (Å²) >= 11 is 2.64. The molecule has 0 unspecified atom stereocenters. The number of halogens is 3. The number of aliphatic hydroxyl groups excluding tert-OH is 2. The van der Waals surface area contributed by atoms with E-state index >= 15 is 0 Å². The molecule has 0 fully saturated rings. The molecule has 0 saturated heterocycles. The van der Waals surface area contributed by atoms with E-state index < -0.39 is 17.3 Å². The molecule has 4 N–H and O–H groups in total. The van der Waals surface area contributed by atoms with Crippen molar-refractivity contribution < 1.29 is 23.4 Å². The molecule has 0 spiro atoms. The fourth-order valence-electron chi connectivity index (χ4n) is 3.58. The van der Waals surface area contributed by atoms with Crippen LogP contribution in [0.4, 0.5) is 13.2 Å². The lowest BCUT2D eigenvalue weighted by atomic mass is 9.93. The molecule has 1 aromatic heterocycles. The number of aryl methyl sites for hydroxylation is 1. The molecule has 3 aromatic carbocycles. The van der Waals surface area contributed by atoms with Crippen molar-refractivity contribution in [2.75, 3.05) is 13.2 Å². The van der Waals surface area contributed by atoms with Gasteiger partial charge >= 0.3 is 6.18 Å².